The van der Waals surface area contributed by atoms with E-state index in [1.807, 2.05) is 18.2 Å². The molecule has 22 heavy (non-hydrogen) atoms. The van der Waals surface area contributed by atoms with Crippen LogP contribution in [-0.2, 0) is 21.3 Å². The van der Waals surface area contributed by atoms with Gasteiger partial charge in [-0.05, 0) is 29.8 Å². The zero-order valence-electron chi connectivity index (χ0n) is 11.7. The van der Waals surface area contributed by atoms with Crippen LogP contribution in [0.4, 0.5) is 10.1 Å². The van der Waals surface area contributed by atoms with Gasteiger partial charge in [0.15, 0.2) is 0 Å². The maximum atomic E-state index is 12.9. The van der Waals surface area contributed by atoms with Gasteiger partial charge in [0.25, 0.3) is 0 Å². The third kappa shape index (κ3) is 5.24. The van der Waals surface area contributed by atoms with Crippen LogP contribution in [0.3, 0.4) is 0 Å². The molecule has 0 radical (unpaired) electrons. The number of hydrogen-bond acceptors (Lipinski definition) is 2. The van der Waals surface area contributed by atoms with Crippen LogP contribution in [-0.4, -0.2) is 15.9 Å². The highest BCUT2D eigenvalue weighted by molar-refractivity contribution is 7.84. The van der Waals surface area contributed by atoms with E-state index in [1.54, 1.807) is 12.1 Å². The molecule has 3 nitrogen and oxygen atoms in total. The molecule has 0 fully saturated rings. The van der Waals surface area contributed by atoms with E-state index in [0.717, 1.165) is 0 Å². The molecule has 0 aliphatic carbocycles. The van der Waals surface area contributed by atoms with Crippen molar-refractivity contribution in [3.63, 3.8) is 0 Å². The molecule has 6 heteroatoms. The monoisotopic (exact) mass is 339 g/mol. The summed E-state index contributed by atoms with van der Waals surface area (Å²) in [5, 5.41) is 2.98. The first-order chi connectivity index (χ1) is 10.5. The zero-order chi connectivity index (χ0) is 15.9. The summed E-state index contributed by atoms with van der Waals surface area (Å²) >= 11 is 5.89. The lowest BCUT2D eigenvalue weighted by Gasteiger charge is -2.06. The minimum Gasteiger partial charge on any atom is -0.326 e. The van der Waals surface area contributed by atoms with E-state index in [4.69, 9.17) is 11.6 Å². The first-order valence-electron chi connectivity index (χ1n) is 6.68. The topological polar surface area (TPSA) is 46.2 Å². The van der Waals surface area contributed by atoms with E-state index in [2.05, 4.69) is 5.32 Å². The van der Waals surface area contributed by atoms with Gasteiger partial charge in [-0.1, -0.05) is 35.9 Å². The Hall–Kier alpha value is -1.72. The largest absolute Gasteiger partial charge is 0.326 e. The Kier molecular flexibility index (Phi) is 6.10. The predicted octanol–water partition coefficient (Wildman–Crippen LogP) is 3.76. The van der Waals surface area contributed by atoms with Crippen LogP contribution in [0.15, 0.2) is 48.5 Å². The maximum absolute atomic E-state index is 12.9. The van der Waals surface area contributed by atoms with Gasteiger partial charge in [0.1, 0.15) is 5.82 Å². The Morgan fingerprint density at radius 2 is 1.91 bits per heavy atom. The Morgan fingerprint density at radius 1 is 1.18 bits per heavy atom. The SMILES string of the molecule is O=C(CC[S@](=O)Cc1ccc(F)cc1Cl)Nc1ccccc1. The summed E-state index contributed by atoms with van der Waals surface area (Å²) in [6.07, 6.45) is 0.153. The molecule has 0 bridgehead atoms. The van der Waals surface area contributed by atoms with Gasteiger partial charge >= 0.3 is 0 Å². The van der Waals surface area contributed by atoms with Crippen molar-refractivity contribution in [1.29, 1.82) is 0 Å². The van der Waals surface area contributed by atoms with Gasteiger partial charge in [0, 0.05) is 33.7 Å². The maximum Gasteiger partial charge on any atom is 0.225 e. The molecular formula is C16H15ClFNO2S. The van der Waals surface area contributed by atoms with E-state index < -0.39 is 16.6 Å². The first-order valence-corrected chi connectivity index (χ1v) is 8.55. The highest BCUT2D eigenvalue weighted by atomic mass is 35.5. The Bertz CT molecular complexity index is 679. The number of carbonyl (C=O) groups is 1. The molecule has 0 unspecified atom stereocenters. The van der Waals surface area contributed by atoms with Gasteiger partial charge < -0.3 is 5.32 Å². The average Bonchev–Trinajstić information content (AvgIpc) is 2.49. The molecule has 116 valence electrons. The van der Waals surface area contributed by atoms with Gasteiger partial charge in [-0.15, -0.1) is 0 Å². The van der Waals surface area contributed by atoms with E-state index in [-0.39, 0.29) is 28.9 Å². The van der Waals surface area contributed by atoms with Crippen molar-refractivity contribution in [2.75, 3.05) is 11.1 Å². The average molecular weight is 340 g/mol. The molecule has 0 aromatic heterocycles. The molecule has 1 N–H and O–H groups in total. The number of rotatable bonds is 6. The second-order valence-electron chi connectivity index (χ2n) is 4.69. The third-order valence-corrected chi connectivity index (χ3v) is 4.59. The van der Waals surface area contributed by atoms with Crippen LogP contribution in [0.2, 0.25) is 5.02 Å². The van der Waals surface area contributed by atoms with Crippen LogP contribution in [0.1, 0.15) is 12.0 Å². The molecule has 2 aromatic rings. The van der Waals surface area contributed by atoms with Crippen molar-refractivity contribution in [2.45, 2.75) is 12.2 Å². The quantitative estimate of drug-likeness (QED) is 0.871. The van der Waals surface area contributed by atoms with Crippen LogP contribution >= 0.6 is 11.6 Å². The zero-order valence-corrected chi connectivity index (χ0v) is 13.3. The second-order valence-corrected chi connectivity index (χ2v) is 6.67. The van der Waals surface area contributed by atoms with Crippen molar-refractivity contribution in [3.05, 3.63) is 64.9 Å². The molecule has 2 rings (SSSR count). The van der Waals surface area contributed by atoms with E-state index in [0.29, 0.717) is 11.3 Å². The molecule has 0 aliphatic rings. The number of amides is 1. The van der Waals surface area contributed by atoms with Crippen LogP contribution in [0, 0.1) is 5.82 Å². The fourth-order valence-corrected chi connectivity index (χ4v) is 3.31. The van der Waals surface area contributed by atoms with Crippen LogP contribution < -0.4 is 5.32 Å². The van der Waals surface area contributed by atoms with Gasteiger partial charge in [-0.25, -0.2) is 4.39 Å². The minimum atomic E-state index is -1.23. The third-order valence-electron chi connectivity index (χ3n) is 2.95. The van der Waals surface area contributed by atoms with Crippen molar-refractivity contribution >= 4 is 34.0 Å². The van der Waals surface area contributed by atoms with E-state index >= 15 is 0 Å². The lowest BCUT2D eigenvalue weighted by atomic mass is 10.2. The molecule has 0 saturated carbocycles. The molecule has 0 heterocycles. The van der Waals surface area contributed by atoms with E-state index in [1.165, 1.54) is 18.2 Å². The fraction of sp³-hybridized carbons (Fsp3) is 0.188. The number of anilines is 1. The van der Waals surface area contributed by atoms with Gasteiger partial charge in [-0.2, -0.15) is 0 Å². The highest BCUT2D eigenvalue weighted by Crippen LogP contribution is 2.19. The Labute approximate surface area is 136 Å². The van der Waals surface area contributed by atoms with Crippen molar-refractivity contribution in [2.24, 2.45) is 0 Å². The van der Waals surface area contributed by atoms with Crippen molar-refractivity contribution < 1.29 is 13.4 Å². The number of carbonyl (C=O) groups excluding carboxylic acids is 1. The van der Waals surface area contributed by atoms with Gasteiger partial charge in [0.2, 0.25) is 5.91 Å². The lowest BCUT2D eigenvalue weighted by molar-refractivity contribution is -0.115. The number of benzene rings is 2. The van der Waals surface area contributed by atoms with Crippen LogP contribution in [0.5, 0.6) is 0 Å². The van der Waals surface area contributed by atoms with Gasteiger partial charge in [-0.3, -0.25) is 9.00 Å². The summed E-state index contributed by atoms with van der Waals surface area (Å²) in [5.41, 5.74) is 1.32. The van der Waals surface area contributed by atoms with Crippen molar-refractivity contribution in [3.8, 4) is 0 Å². The standard InChI is InChI=1S/C16H15ClFNO2S/c17-15-10-13(18)7-6-12(15)11-22(21)9-8-16(20)19-14-4-2-1-3-5-14/h1-7,10H,8-9,11H2,(H,19,20)/t22-/m0/s1. The minimum absolute atomic E-state index is 0.153. The Morgan fingerprint density at radius 3 is 2.59 bits per heavy atom. The summed E-state index contributed by atoms with van der Waals surface area (Å²) in [4.78, 5) is 11.8. The summed E-state index contributed by atoms with van der Waals surface area (Å²) in [5.74, 6) is -0.184. The molecule has 0 saturated heterocycles. The smallest absolute Gasteiger partial charge is 0.225 e. The van der Waals surface area contributed by atoms with Crippen LogP contribution in [0.25, 0.3) is 0 Å². The molecule has 1 atom stereocenters. The molecule has 2 aromatic carbocycles. The molecule has 0 spiro atoms. The molecule has 1 amide bonds. The number of para-hydroxylation sites is 1. The lowest BCUT2D eigenvalue weighted by Crippen LogP contribution is -2.15. The Balaban J connectivity index is 1.81. The predicted molar refractivity (Wildman–Crippen MR) is 87.8 cm³/mol. The number of halogens is 2. The fourth-order valence-electron chi connectivity index (χ4n) is 1.84. The second kappa shape index (κ2) is 8.06. The normalized spacial score (nSPS) is 11.9. The number of hydrogen-bond donors (Lipinski definition) is 1. The summed E-state index contributed by atoms with van der Waals surface area (Å²) in [6.45, 7) is 0. The first kappa shape index (κ1) is 16.6. The van der Waals surface area contributed by atoms with E-state index in [9.17, 15) is 13.4 Å². The summed E-state index contributed by atoms with van der Waals surface area (Å²) in [7, 11) is -1.23. The van der Waals surface area contributed by atoms with Gasteiger partial charge in [0.05, 0.1) is 5.75 Å². The number of nitrogens with one attached hydrogen (secondary N) is 1. The van der Waals surface area contributed by atoms with Crippen molar-refractivity contribution in [1.82, 2.24) is 0 Å². The molecular weight excluding hydrogens is 325 g/mol. The highest BCUT2D eigenvalue weighted by Gasteiger charge is 2.09. The summed E-state index contributed by atoms with van der Waals surface area (Å²) < 4.78 is 24.9. The molecule has 0 aliphatic heterocycles. The summed E-state index contributed by atoms with van der Waals surface area (Å²) in [6, 6.07) is 13.1.